The lowest BCUT2D eigenvalue weighted by Crippen LogP contribution is -2.66. The summed E-state index contributed by atoms with van der Waals surface area (Å²) >= 11 is 0. The number of hydrogen-bond acceptors (Lipinski definition) is 8. The molecular weight excluding hydrogens is 462 g/mol. The molecule has 0 aliphatic carbocycles. The number of piperidine rings is 3. The van der Waals surface area contributed by atoms with Gasteiger partial charge in [0, 0.05) is 29.9 Å². The number of quaternary nitrogens is 1. The minimum atomic E-state index is -1.99. The number of rotatable bonds is 5. The molecule has 7 rings (SSSR count). The Bertz CT molecular complexity index is 1260. The molecule has 0 radical (unpaired) electrons. The molecule has 3 saturated heterocycles. The topological polar surface area (TPSA) is 124 Å². The Hall–Kier alpha value is -3.89. The number of aliphatic hydroxyl groups is 1. The maximum absolute atomic E-state index is 13.7. The average Bonchev–Trinajstić information content (AvgIpc) is 2.90. The summed E-state index contributed by atoms with van der Waals surface area (Å²) in [6, 6.07) is 13.9. The van der Waals surface area contributed by atoms with Crippen molar-refractivity contribution in [2.45, 2.75) is 24.5 Å². The zero-order chi connectivity index (χ0) is 24.8. The fourth-order valence-corrected chi connectivity index (χ4v) is 5.76. The molecule has 1 aromatic heterocycles. The molecule has 4 aliphatic rings. The number of fused-ring (bicyclic) bond motifs is 5. The first-order valence-electron chi connectivity index (χ1n) is 12.0. The monoisotopic (exact) mass is 488 g/mol. The lowest BCUT2D eigenvalue weighted by molar-refractivity contribution is -0.939. The number of para-hydroxylation sites is 2. The van der Waals surface area contributed by atoms with Crippen molar-refractivity contribution in [1.29, 1.82) is 0 Å². The minimum Gasteiger partial charge on any atom is -0.457 e. The minimum absolute atomic E-state index is 0.189. The van der Waals surface area contributed by atoms with Crippen LogP contribution in [0.25, 0.3) is 0 Å². The van der Waals surface area contributed by atoms with Crippen molar-refractivity contribution < 1.29 is 28.7 Å². The molecule has 0 unspecified atom stereocenters. The number of hydrogen-bond donors (Lipinski definition) is 2. The molecule has 10 nitrogen and oxygen atoms in total. The van der Waals surface area contributed by atoms with Crippen LogP contribution in [0.4, 0.5) is 5.95 Å². The second-order valence-corrected chi connectivity index (χ2v) is 9.73. The van der Waals surface area contributed by atoms with Crippen LogP contribution in [0, 0.1) is 5.92 Å². The van der Waals surface area contributed by atoms with Gasteiger partial charge < -0.3 is 19.1 Å². The van der Waals surface area contributed by atoms with Gasteiger partial charge >= 0.3 is 5.97 Å². The predicted octanol–water partition coefficient (Wildman–Crippen LogP) is 2.00. The van der Waals surface area contributed by atoms with Crippen molar-refractivity contribution in [3.8, 4) is 11.5 Å². The summed E-state index contributed by atoms with van der Waals surface area (Å²) in [4.78, 5) is 38.2. The van der Waals surface area contributed by atoms with Gasteiger partial charge in [0.2, 0.25) is 11.5 Å². The Labute approximate surface area is 207 Å². The van der Waals surface area contributed by atoms with Crippen LogP contribution in [-0.2, 0) is 19.9 Å². The van der Waals surface area contributed by atoms with Crippen molar-refractivity contribution in [2.24, 2.45) is 5.92 Å². The Morgan fingerprint density at radius 1 is 1.03 bits per heavy atom. The highest BCUT2D eigenvalue weighted by molar-refractivity contribution is 5.90. The molecule has 184 valence electrons. The third-order valence-electron chi connectivity index (χ3n) is 7.59. The fourth-order valence-electron chi connectivity index (χ4n) is 5.76. The maximum atomic E-state index is 13.7. The fraction of sp³-hybridized carbons (Fsp3) is 0.346. The molecule has 36 heavy (non-hydrogen) atoms. The van der Waals surface area contributed by atoms with E-state index in [0.717, 1.165) is 25.9 Å². The lowest BCUT2D eigenvalue weighted by Gasteiger charge is -2.51. The van der Waals surface area contributed by atoms with E-state index in [2.05, 4.69) is 20.3 Å². The van der Waals surface area contributed by atoms with Crippen LogP contribution in [-0.4, -0.2) is 68.7 Å². The summed E-state index contributed by atoms with van der Waals surface area (Å²) in [6.07, 6.45) is 3.93. The van der Waals surface area contributed by atoms with Crippen LogP contribution >= 0.6 is 0 Å². The molecule has 5 heterocycles. The van der Waals surface area contributed by atoms with Gasteiger partial charge in [-0.05, 0) is 12.1 Å². The van der Waals surface area contributed by atoms with Crippen molar-refractivity contribution in [3.05, 3.63) is 72.3 Å². The summed E-state index contributed by atoms with van der Waals surface area (Å²) in [6.45, 7) is 2.40. The molecule has 0 spiro atoms. The smallest absolute Gasteiger partial charge is 0.348 e. The molecule has 10 heteroatoms. The molecule has 3 aromatic rings. The van der Waals surface area contributed by atoms with Crippen LogP contribution in [0.2, 0.25) is 0 Å². The normalized spacial score (nSPS) is 25.1. The van der Waals surface area contributed by atoms with E-state index in [1.807, 2.05) is 0 Å². The number of amides is 1. The standard InChI is InChI=1S/C26H25N5O5/c32-23(30-25-28-15-27-16-29-25)14-31-11-9-17(10-12-31)22(13-31)36-24(33)26(34)18-5-1-3-7-20(18)35-21-8-4-2-6-19(21)26/h1-8,15-17,22,34H,9-14H2/p+1/t17?,22-,31?/m0/s1. The number of carbonyl (C=O) groups is 2. The Morgan fingerprint density at radius 3 is 2.28 bits per heavy atom. The van der Waals surface area contributed by atoms with Crippen molar-refractivity contribution in [2.75, 3.05) is 31.5 Å². The second-order valence-electron chi connectivity index (χ2n) is 9.73. The molecule has 2 N–H and O–H groups in total. The largest absolute Gasteiger partial charge is 0.457 e. The first kappa shape index (κ1) is 22.6. The highest BCUT2D eigenvalue weighted by atomic mass is 16.6. The van der Waals surface area contributed by atoms with Crippen LogP contribution in [0.1, 0.15) is 24.0 Å². The number of benzene rings is 2. The number of ether oxygens (including phenoxy) is 2. The number of aromatic nitrogens is 3. The van der Waals surface area contributed by atoms with E-state index < -0.39 is 17.7 Å². The van der Waals surface area contributed by atoms with Gasteiger partial charge in [-0.25, -0.2) is 19.7 Å². The highest BCUT2D eigenvalue weighted by Gasteiger charge is 2.53. The third-order valence-corrected chi connectivity index (χ3v) is 7.59. The Kier molecular flexibility index (Phi) is 5.42. The number of nitrogens with zero attached hydrogens (tertiary/aromatic N) is 4. The number of anilines is 1. The van der Waals surface area contributed by atoms with Crippen LogP contribution in [0.3, 0.4) is 0 Å². The molecule has 2 bridgehead atoms. The molecule has 0 saturated carbocycles. The zero-order valence-corrected chi connectivity index (χ0v) is 19.5. The van der Waals surface area contributed by atoms with Crippen molar-refractivity contribution >= 4 is 17.8 Å². The summed E-state index contributed by atoms with van der Waals surface area (Å²) in [5.74, 6) is 0.317. The van der Waals surface area contributed by atoms with Crippen molar-refractivity contribution in [1.82, 2.24) is 15.0 Å². The van der Waals surface area contributed by atoms with E-state index in [4.69, 9.17) is 9.47 Å². The Morgan fingerprint density at radius 2 is 1.64 bits per heavy atom. The molecular formula is C26H26N5O5+. The summed E-state index contributed by atoms with van der Waals surface area (Å²) in [5, 5.41) is 14.6. The number of carbonyl (C=O) groups excluding carboxylic acids is 2. The summed E-state index contributed by atoms with van der Waals surface area (Å²) < 4.78 is 12.5. The van der Waals surface area contributed by atoms with Crippen LogP contribution in [0.5, 0.6) is 11.5 Å². The molecule has 2 aromatic carbocycles. The first-order valence-corrected chi connectivity index (χ1v) is 12.0. The van der Waals surface area contributed by atoms with Crippen LogP contribution < -0.4 is 10.1 Å². The van der Waals surface area contributed by atoms with Crippen molar-refractivity contribution in [3.63, 3.8) is 0 Å². The number of nitrogens with one attached hydrogen (secondary N) is 1. The van der Waals surface area contributed by atoms with E-state index >= 15 is 0 Å². The number of esters is 1. The predicted molar refractivity (Wildman–Crippen MR) is 127 cm³/mol. The molecule has 1 amide bonds. The molecule has 1 atom stereocenters. The van der Waals surface area contributed by atoms with E-state index in [1.165, 1.54) is 12.7 Å². The van der Waals surface area contributed by atoms with E-state index in [-0.39, 0.29) is 24.3 Å². The quantitative estimate of drug-likeness (QED) is 0.413. The van der Waals surface area contributed by atoms with Gasteiger partial charge in [0.05, 0.1) is 13.1 Å². The lowest BCUT2D eigenvalue weighted by atomic mass is 9.81. The summed E-state index contributed by atoms with van der Waals surface area (Å²) in [5.41, 5.74) is -1.27. The zero-order valence-electron chi connectivity index (χ0n) is 19.5. The first-order chi connectivity index (χ1) is 17.5. The highest BCUT2D eigenvalue weighted by Crippen LogP contribution is 2.48. The van der Waals surface area contributed by atoms with E-state index in [1.54, 1.807) is 48.5 Å². The van der Waals surface area contributed by atoms with Gasteiger partial charge in [-0.15, -0.1) is 0 Å². The van der Waals surface area contributed by atoms with Gasteiger partial charge in [0.25, 0.3) is 5.91 Å². The van der Waals surface area contributed by atoms with Gasteiger partial charge in [-0.3, -0.25) is 10.1 Å². The van der Waals surface area contributed by atoms with Crippen LogP contribution in [0.15, 0.2) is 61.2 Å². The summed E-state index contributed by atoms with van der Waals surface area (Å²) in [7, 11) is 0. The van der Waals surface area contributed by atoms with Gasteiger partial charge in [0.1, 0.15) is 30.7 Å². The van der Waals surface area contributed by atoms with Gasteiger partial charge in [-0.1, -0.05) is 36.4 Å². The Balaban J connectivity index is 1.23. The average molecular weight is 489 g/mol. The van der Waals surface area contributed by atoms with Gasteiger partial charge in [-0.2, -0.15) is 0 Å². The maximum Gasteiger partial charge on any atom is 0.348 e. The molecule has 4 aliphatic heterocycles. The van der Waals surface area contributed by atoms with Gasteiger partial charge in [0.15, 0.2) is 12.6 Å². The van der Waals surface area contributed by atoms with E-state index in [0.29, 0.717) is 33.7 Å². The second kappa shape index (κ2) is 8.65. The van der Waals surface area contributed by atoms with E-state index in [9.17, 15) is 14.7 Å². The third kappa shape index (κ3) is 3.78. The SMILES string of the molecule is O=C(C[N+]12CCC(CC1)[C@@H](OC(=O)C1(O)c3ccccc3Oc3ccccc31)C2)Nc1ncncn1. The molecule has 3 fully saturated rings.